The monoisotopic (exact) mass is 160 g/mol. The molecule has 1 aliphatic carbocycles. The second-order valence-electron chi connectivity index (χ2n) is 2.74. The van der Waals surface area contributed by atoms with Crippen molar-refractivity contribution < 1.29 is 0 Å². The summed E-state index contributed by atoms with van der Waals surface area (Å²) in [5, 5.41) is 0. The summed E-state index contributed by atoms with van der Waals surface area (Å²) in [6, 6.07) is 0. The zero-order valence-corrected chi connectivity index (χ0v) is 9.31. The Morgan fingerprint density at radius 2 is 1.57 bits per heavy atom. The van der Waals surface area contributed by atoms with Gasteiger partial charge in [-0.15, -0.1) is 0 Å². The molecule has 0 bridgehead atoms. The normalized spacial score (nSPS) is 25.7. The third kappa shape index (κ3) is 1.85. The molecule has 0 aromatic rings. The zero-order chi connectivity index (χ0) is 5.11. The third-order valence-corrected chi connectivity index (χ3v) is 4.32. The second kappa shape index (κ2) is 2.75. The van der Waals surface area contributed by atoms with Gasteiger partial charge in [-0.1, -0.05) is 0 Å². The Bertz CT molecular complexity index is 46.1. The van der Waals surface area contributed by atoms with Crippen LogP contribution < -0.4 is 0 Å². The van der Waals surface area contributed by atoms with Gasteiger partial charge in [-0.2, -0.15) is 0 Å². The molecule has 42 valence electrons. The van der Waals surface area contributed by atoms with Crippen molar-refractivity contribution in [3.8, 4) is 0 Å². The van der Waals surface area contributed by atoms with Crippen LogP contribution in [-0.4, -0.2) is 16.5 Å². The van der Waals surface area contributed by atoms with Crippen molar-refractivity contribution in [1.29, 1.82) is 0 Å². The number of rotatable bonds is 0. The van der Waals surface area contributed by atoms with E-state index in [0.29, 0.717) is 0 Å². The van der Waals surface area contributed by atoms with Crippen molar-refractivity contribution in [3.63, 3.8) is 0 Å². The van der Waals surface area contributed by atoms with Crippen LogP contribution in [0, 0.1) is 0 Å². The molecule has 0 amide bonds. The Labute approximate surface area is 53.9 Å². The summed E-state index contributed by atoms with van der Waals surface area (Å²) in [4.78, 5) is 0. The molecule has 0 radical (unpaired) electrons. The van der Waals surface area contributed by atoms with E-state index in [1.807, 2.05) is 0 Å². The van der Waals surface area contributed by atoms with Crippen LogP contribution in [0.25, 0.3) is 0 Å². The minimum atomic E-state index is 1.13. The number of hydrogen-bond acceptors (Lipinski definition) is 0. The van der Waals surface area contributed by atoms with E-state index in [1.54, 1.807) is 12.8 Å². The van der Waals surface area contributed by atoms with Crippen LogP contribution in [0.2, 0.25) is 4.75 Å². The molecule has 0 aliphatic heterocycles. The molecule has 0 atom stereocenters. The fraction of sp³-hybridized carbons (Fsp3) is 1.00. The molecular weight excluding hydrogens is 145 g/mol. The average molecular weight is 159 g/mol. The van der Waals surface area contributed by atoms with E-state index in [1.165, 1.54) is 24.0 Å². The van der Waals surface area contributed by atoms with Crippen LogP contribution >= 0.6 is 0 Å². The zero-order valence-electron chi connectivity index (χ0n) is 5.11. The number of hydrogen-bond donors (Lipinski definition) is 0. The van der Waals surface area contributed by atoms with Gasteiger partial charge in [0.1, 0.15) is 0 Å². The SMILES string of the molecule is [GeH3][CH]1CCCCC1. The molecule has 0 saturated heterocycles. The predicted molar refractivity (Wildman–Crippen MR) is 36.8 cm³/mol. The van der Waals surface area contributed by atoms with Crippen LogP contribution in [0.4, 0.5) is 0 Å². The van der Waals surface area contributed by atoms with Crippen molar-refractivity contribution in [3.05, 3.63) is 0 Å². The minimum absolute atomic E-state index is 1.13. The molecule has 0 spiro atoms. The fourth-order valence-corrected chi connectivity index (χ4v) is 3.02. The Hall–Kier alpha value is 0.543. The van der Waals surface area contributed by atoms with Gasteiger partial charge in [0.25, 0.3) is 0 Å². The van der Waals surface area contributed by atoms with Crippen LogP contribution in [0.1, 0.15) is 32.1 Å². The first-order valence-corrected chi connectivity index (χ1v) is 5.82. The maximum absolute atomic E-state index is 1.57. The van der Waals surface area contributed by atoms with Crippen molar-refractivity contribution in [2.45, 2.75) is 36.9 Å². The van der Waals surface area contributed by atoms with E-state index in [2.05, 4.69) is 0 Å². The van der Waals surface area contributed by atoms with Gasteiger partial charge >= 0.3 is 53.4 Å². The van der Waals surface area contributed by atoms with Crippen LogP contribution in [0.15, 0.2) is 0 Å². The summed E-state index contributed by atoms with van der Waals surface area (Å²) in [5.41, 5.74) is 0. The van der Waals surface area contributed by atoms with Gasteiger partial charge in [-0.25, -0.2) is 0 Å². The van der Waals surface area contributed by atoms with Crippen LogP contribution in [0.5, 0.6) is 0 Å². The van der Waals surface area contributed by atoms with Crippen molar-refractivity contribution >= 4 is 16.5 Å². The van der Waals surface area contributed by atoms with E-state index >= 15 is 0 Å². The Kier molecular flexibility index (Phi) is 2.23. The topological polar surface area (TPSA) is 0 Å². The van der Waals surface area contributed by atoms with Gasteiger partial charge in [0.05, 0.1) is 0 Å². The first kappa shape index (κ1) is 5.68. The molecule has 1 heteroatoms. The Balaban J connectivity index is 2.12. The summed E-state index contributed by atoms with van der Waals surface area (Å²) in [6.07, 6.45) is 7.73. The molecule has 1 saturated carbocycles. The Morgan fingerprint density at radius 3 is 1.86 bits per heavy atom. The summed E-state index contributed by atoms with van der Waals surface area (Å²) in [6.45, 7) is 0. The van der Waals surface area contributed by atoms with Gasteiger partial charge in [-0.3, -0.25) is 0 Å². The molecule has 1 fully saturated rings. The van der Waals surface area contributed by atoms with Crippen LogP contribution in [0.3, 0.4) is 0 Å². The van der Waals surface area contributed by atoms with E-state index in [0.717, 1.165) is 16.5 Å². The predicted octanol–water partition coefficient (Wildman–Crippen LogP) is 1.10. The van der Waals surface area contributed by atoms with Crippen LogP contribution in [-0.2, 0) is 0 Å². The van der Waals surface area contributed by atoms with Gasteiger partial charge in [0.15, 0.2) is 0 Å². The van der Waals surface area contributed by atoms with Gasteiger partial charge < -0.3 is 0 Å². The third-order valence-electron chi connectivity index (χ3n) is 1.89. The van der Waals surface area contributed by atoms with Gasteiger partial charge in [0, 0.05) is 0 Å². The molecular formula is C6H14Ge. The quantitative estimate of drug-likeness (QED) is 0.464. The summed E-state index contributed by atoms with van der Waals surface area (Å²) in [5.74, 6) is 0. The van der Waals surface area contributed by atoms with Crippen molar-refractivity contribution in [2.24, 2.45) is 0 Å². The molecule has 0 aromatic heterocycles. The molecule has 0 N–H and O–H groups in total. The molecule has 0 unspecified atom stereocenters. The Morgan fingerprint density at radius 1 is 1.00 bits per heavy atom. The first-order valence-electron chi connectivity index (χ1n) is 3.39. The van der Waals surface area contributed by atoms with E-state index in [9.17, 15) is 0 Å². The molecule has 0 aromatic carbocycles. The van der Waals surface area contributed by atoms with Gasteiger partial charge in [-0.05, 0) is 0 Å². The molecule has 0 nitrogen and oxygen atoms in total. The van der Waals surface area contributed by atoms with Crippen molar-refractivity contribution in [2.75, 3.05) is 0 Å². The summed E-state index contributed by atoms with van der Waals surface area (Å²) >= 11 is 1.13. The molecule has 0 heterocycles. The first-order chi connectivity index (χ1) is 3.39. The van der Waals surface area contributed by atoms with E-state index in [4.69, 9.17) is 0 Å². The fourth-order valence-electron chi connectivity index (χ4n) is 1.31. The van der Waals surface area contributed by atoms with Crippen molar-refractivity contribution in [1.82, 2.24) is 0 Å². The molecule has 1 rings (SSSR count). The second-order valence-corrected chi connectivity index (χ2v) is 6.17. The maximum atomic E-state index is 1.57. The molecule has 1 aliphatic rings. The van der Waals surface area contributed by atoms with E-state index < -0.39 is 0 Å². The average Bonchev–Trinajstić information content (AvgIpc) is 1.69. The van der Waals surface area contributed by atoms with E-state index in [-0.39, 0.29) is 0 Å². The summed E-state index contributed by atoms with van der Waals surface area (Å²) < 4.78 is 1.22. The van der Waals surface area contributed by atoms with Gasteiger partial charge in [0.2, 0.25) is 0 Å². The summed E-state index contributed by atoms with van der Waals surface area (Å²) in [7, 11) is 0. The standard InChI is InChI=1S/C6H14Ge/c7-6-4-2-1-3-5-6/h6H,1-5H2,7H3. The molecule has 7 heavy (non-hydrogen) atoms.